The summed E-state index contributed by atoms with van der Waals surface area (Å²) in [6, 6.07) is 6.96. The van der Waals surface area contributed by atoms with Gasteiger partial charge in [-0.3, -0.25) is 0 Å². The van der Waals surface area contributed by atoms with Crippen LogP contribution in [0, 0.1) is 11.6 Å². The highest BCUT2D eigenvalue weighted by atomic mass is 19.1. The summed E-state index contributed by atoms with van der Waals surface area (Å²) in [6.07, 6.45) is 0. The van der Waals surface area contributed by atoms with Gasteiger partial charge in [0.1, 0.15) is 11.6 Å². The summed E-state index contributed by atoms with van der Waals surface area (Å²) in [6.45, 7) is 0. The normalized spacial score (nSPS) is 10.6. The van der Waals surface area contributed by atoms with Crippen LogP contribution in [0.4, 0.5) is 14.5 Å². The Labute approximate surface area is 73.8 Å². The summed E-state index contributed by atoms with van der Waals surface area (Å²) in [5.41, 5.74) is 5.87. The summed E-state index contributed by atoms with van der Waals surface area (Å²) in [5.74, 6) is -1.20. The zero-order chi connectivity index (χ0) is 9.42. The number of hydrogen-bond donors (Lipinski definition) is 1. The molecule has 0 spiro atoms. The lowest BCUT2D eigenvalue weighted by molar-refractivity contribution is 0.592. The Bertz CT molecular complexity index is 466. The van der Waals surface area contributed by atoms with Gasteiger partial charge < -0.3 is 5.73 Å². The third kappa shape index (κ3) is 1.22. The molecule has 66 valence electrons. The van der Waals surface area contributed by atoms with E-state index in [2.05, 4.69) is 0 Å². The number of nitrogens with two attached hydrogens (primary N) is 1. The van der Waals surface area contributed by atoms with Crippen LogP contribution in [0.2, 0.25) is 0 Å². The number of fused-ring (bicyclic) bond motifs is 1. The van der Waals surface area contributed by atoms with Gasteiger partial charge in [0, 0.05) is 17.1 Å². The highest BCUT2D eigenvalue weighted by Crippen LogP contribution is 2.24. The smallest absolute Gasteiger partial charge is 0.136 e. The van der Waals surface area contributed by atoms with E-state index >= 15 is 0 Å². The van der Waals surface area contributed by atoms with E-state index < -0.39 is 11.6 Å². The number of rotatable bonds is 0. The highest BCUT2D eigenvalue weighted by molar-refractivity contribution is 5.93. The van der Waals surface area contributed by atoms with Crippen molar-refractivity contribution in [1.82, 2.24) is 0 Å². The molecule has 0 unspecified atom stereocenters. The first-order valence-corrected chi connectivity index (χ1v) is 3.82. The monoisotopic (exact) mass is 179 g/mol. The fourth-order valence-electron chi connectivity index (χ4n) is 1.37. The lowest BCUT2D eigenvalue weighted by atomic mass is 10.1. The van der Waals surface area contributed by atoms with Crippen LogP contribution in [0.3, 0.4) is 0 Å². The molecular weight excluding hydrogens is 172 g/mol. The van der Waals surface area contributed by atoms with Gasteiger partial charge in [0.15, 0.2) is 0 Å². The van der Waals surface area contributed by atoms with Crippen LogP contribution < -0.4 is 5.73 Å². The largest absolute Gasteiger partial charge is 0.398 e. The van der Waals surface area contributed by atoms with Crippen LogP contribution in [0.25, 0.3) is 10.8 Å². The van der Waals surface area contributed by atoms with Crippen LogP contribution in [0.15, 0.2) is 30.3 Å². The van der Waals surface area contributed by atoms with Crippen LogP contribution in [-0.2, 0) is 0 Å². The number of hydrogen-bond acceptors (Lipinski definition) is 1. The number of anilines is 1. The topological polar surface area (TPSA) is 26.0 Å². The lowest BCUT2D eigenvalue weighted by Gasteiger charge is -2.02. The molecular formula is C10H7F2N. The van der Waals surface area contributed by atoms with E-state index in [9.17, 15) is 8.78 Å². The van der Waals surface area contributed by atoms with E-state index in [0.717, 1.165) is 6.07 Å². The predicted octanol–water partition coefficient (Wildman–Crippen LogP) is 2.70. The molecule has 0 bridgehead atoms. The molecule has 2 aromatic rings. The Hall–Kier alpha value is -1.64. The Morgan fingerprint density at radius 1 is 1.08 bits per heavy atom. The van der Waals surface area contributed by atoms with Crippen molar-refractivity contribution in [3.8, 4) is 0 Å². The molecule has 0 saturated carbocycles. The van der Waals surface area contributed by atoms with Gasteiger partial charge in [0.05, 0.1) is 0 Å². The zero-order valence-corrected chi connectivity index (χ0v) is 6.72. The van der Waals surface area contributed by atoms with E-state index in [4.69, 9.17) is 5.73 Å². The van der Waals surface area contributed by atoms with E-state index in [-0.39, 0.29) is 5.39 Å². The van der Waals surface area contributed by atoms with E-state index in [1.165, 1.54) is 6.07 Å². The second-order valence-electron chi connectivity index (χ2n) is 2.83. The molecule has 0 aliphatic rings. The second-order valence-corrected chi connectivity index (χ2v) is 2.83. The Morgan fingerprint density at radius 2 is 1.85 bits per heavy atom. The van der Waals surface area contributed by atoms with Crippen molar-refractivity contribution in [3.63, 3.8) is 0 Å². The van der Waals surface area contributed by atoms with Crippen LogP contribution in [-0.4, -0.2) is 0 Å². The molecule has 3 heteroatoms. The molecule has 1 nitrogen and oxygen atoms in total. The van der Waals surface area contributed by atoms with Gasteiger partial charge in [0.25, 0.3) is 0 Å². The van der Waals surface area contributed by atoms with Crippen molar-refractivity contribution in [1.29, 1.82) is 0 Å². The molecule has 0 radical (unpaired) electrons. The highest BCUT2D eigenvalue weighted by Gasteiger charge is 2.05. The summed E-state index contributed by atoms with van der Waals surface area (Å²) in [7, 11) is 0. The summed E-state index contributed by atoms with van der Waals surface area (Å²) in [5, 5.41) is 0.765. The maximum absolute atomic E-state index is 13.2. The van der Waals surface area contributed by atoms with Crippen LogP contribution >= 0.6 is 0 Å². The standard InChI is InChI=1S/C10H7F2N/c11-7-4-6-2-1-3-9(13)10(6)8(12)5-7/h1-5H,13H2. The van der Waals surface area contributed by atoms with Crippen molar-refractivity contribution in [2.24, 2.45) is 0 Å². The van der Waals surface area contributed by atoms with Gasteiger partial charge in [-0.25, -0.2) is 8.78 Å². The molecule has 0 fully saturated rings. The second kappa shape index (κ2) is 2.69. The van der Waals surface area contributed by atoms with Gasteiger partial charge in [-0.2, -0.15) is 0 Å². The third-order valence-corrected chi connectivity index (χ3v) is 1.93. The molecule has 0 aliphatic heterocycles. The molecule has 0 heterocycles. The molecule has 0 aliphatic carbocycles. The molecule has 2 rings (SSSR count). The average molecular weight is 179 g/mol. The first-order valence-electron chi connectivity index (χ1n) is 3.82. The van der Waals surface area contributed by atoms with Gasteiger partial charge in [-0.05, 0) is 17.5 Å². The number of halogens is 2. The Morgan fingerprint density at radius 3 is 2.62 bits per heavy atom. The van der Waals surface area contributed by atoms with Gasteiger partial charge >= 0.3 is 0 Å². The average Bonchev–Trinajstić information content (AvgIpc) is 2.02. The molecule has 2 aromatic carbocycles. The first-order chi connectivity index (χ1) is 6.18. The minimum atomic E-state index is -0.617. The van der Waals surface area contributed by atoms with E-state index in [1.807, 2.05) is 0 Å². The fourth-order valence-corrected chi connectivity index (χ4v) is 1.37. The number of benzene rings is 2. The van der Waals surface area contributed by atoms with Crippen molar-refractivity contribution in [3.05, 3.63) is 42.0 Å². The third-order valence-electron chi connectivity index (χ3n) is 1.93. The molecule has 0 amide bonds. The van der Waals surface area contributed by atoms with Gasteiger partial charge in [-0.15, -0.1) is 0 Å². The van der Waals surface area contributed by atoms with E-state index in [0.29, 0.717) is 11.1 Å². The first kappa shape index (κ1) is 7.98. The SMILES string of the molecule is Nc1cccc2cc(F)cc(F)c12. The van der Waals surface area contributed by atoms with Gasteiger partial charge in [-0.1, -0.05) is 12.1 Å². The van der Waals surface area contributed by atoms with Crippen LogP contribution in [0.1, 0.15) is 0 Å². The van der Waals surface area contributed by atoms with Crippen molar-refractivity contribution in [2.45, 2.75) is 0 Å². The summed E-state index contributed by atoms with van der Waals surface area (Å²) in [4.78, 5) is 0. The Balaban J connectivity index is 2.94. The van der Waals surface area contributed by atoms with Gasteiger partial charge in [0.2, 0.25) is 0 Å². The minimum absolute atomic E-state index is 0.281. The van der Waals surface area contributed by atoms with E-state index in [1.54, 1.807) is 18.2 Å². The lowest BCUT2D eigenvalue weighted by Crippen LogP contribution is -1.90. The maximum Gasteiger partial charge on any atom is 0.136 e. The van der Waals surface area contributed by atoms with Crippen LogP contribution in [0.5, 0.6) is 0 Å². The predicted molar refractivity (Wildman–Crippen MR) is 48.3 cm³/mol. The van der Waals surface area contributed by atoms with Crippen molar-refractivity contribution >= 4 is 16.5 Å². The summed E-state index contributed by atoms with van der Waals surface area (Å²) >= 11 is 0. The van der Waals surface area contributed by atoms with Crippen molar-refractivity contribution in [2.75, 3.05) is 5.73 Å². The zero-order valence-electron chi connectivity index (χ0n) is 6.72. The Kier molecular flexibility index (Phi) is 1.65. The molecule has 2 N–H and O–H groups in total. The molecule has 0 atom stereocenters. The molecule has 0 aromatic heterocycles. The maximum atomic E-state index is 13.2. The quantitative estimate of drug-likeness (QED) is 0.618. The van der Waals surface area contributed by atoms with Crippen molar-refractivity contribution < 1.29 is 8.78 Å². The number of nitrogen functional groups attached to an aromatic ring is 1. The minimum Gasteiger partial charge on any atom is -0.398 e. The molecule has 0 saturated heterocycles. The summed E-state index contributed by atoms with van der Waals surface area (Å²) < 4.78 is 25.9. The fraction of sp³-hybridized carbons (Fsp3) is 0. The molecule has 13 heavy (non-hydrogen) atoms.